The number of rotatable bonds is 1. The highest BCUT2D eigenvalue weighted by Crippen LogP contribution is 2.27. The number of anilines is 1. The number of amides is 1. The van der Waals surface area contributed by atoms with Gasteiger partial charge in [0.05, 0.1) is 6.04 Å². The summed E-state index contributed by atoms with van der Waals surface area (Å²) in [6.45, 7) is 5.76. The molecule has 0 radical (unpaired) electrons. The Morgan fingerprint density at radius 1 is 1.35 bits per heavy atom. The number of aromatic nitrogens is 1. The Bertz CT molecular complexity index is 502. The fraction of sp³-hybridized carbons (Fsp3) is 0.625. The molecule has 0 saturated heterocycles. The number of nitrogen functional groups attached to an aromatic ring is 1. The molecule has 2 rings (SSSR count). The monoisotopic (exact) mass is 386 g/mol. The fourth-order valence-electron chi connectivity index (χ4n) is 2.81. The minimum absolute atomic E-state index is 0.00549. The number of pyridine rings is 1. The average molecular weight is 387 g/mol. The average Bonchev–Trinajstić information content (AvgIpc) is 2.40. The first-order valence-corrected chi connectivity index (χ1v) is 8.58. The zero-order valence-corrected chi connectivity index (χ0v) is 15.6. The molecule has 5 N–H and O–H groups in total. The molecule has 1 fully saturated rings. The van der Waals surface area contributed by atoms with Gasteiger partial charge in [0.15, 0.2) is 0 Å². The SMILES string of the molecule is CC(C)(C)N(C(=O)O)[C@H]1CCCC[C@H]1N.Nc1cccc(Br)n1. The van der Waals surface area contributed by atoms with Crippen molar-refractivity contribution in [3.8, 4) is 0 Å². The second kappa shape index (κ2) is 8.49. The van der Waals surface area contributed by atoms with Crippen molar-refractivity contribution in [2.45, 2.75) is 64.1 Å². The van der Waals surface area contributed by atoms with Gasteiger partial charge in [0.2, 0.25) is 0 Å². The van der Waals surface area contributed by atoms with E-state index in [9.17, 15) is 9.90 Å². The van der Waals surface area contributed by atoms with Crippen LogP contribution in [0.1, 0.15) is 46.5 Å². The van der Waals surface area contributed by atoms with E-state index in [1.54, 1.807) is 6.07 Å². The minimum atomic E-state index is -0.857. The Morgan fingerprint density at radius 3 is 2.35 bits per heavy atom. The smallest absolute Gasteiger partial charge is 0.408 e. The van der Waals surface area contributed by atoms with Crippen molar-refractivity contribution in [2.24, 2.45) is 5.73 Å². The van der Waals surface area contributed by atoms with Crippen molar-refractivity contribution in [2.75, 3.05) is 5.73 Å². The number of nitrogens with two attached hydrogens (primary N) is 2. The van der Waals surface area contributed by atoms with E-state index in [0.717, 1.165) is 30.3 Å². The normalized spacial score (nSPS) is 21.1. The standard InChI is InChI=1S/C11H22N2O2.C5H5BrN2/c1-11(2,3)13(10(14)15)9-7-5-4-6-8(9)12;6-4-2-1-3-5(7)8-4/h8-9H,4-7,12H2,1-3H3,(H,14,15);1-3H,(H2,7,8)/t8-,9+;/m1./s1. The lowest BCUT2D eigenvalue weighted by atomic mass is 9.87. The van der Waals surface area contributed by atoms with Gasteiger partial charge in [0.1, 0.15) is 10.4 Å². The lowest BCUT2D eigenvalue weighted by Gasteiger charge is -2.44. The van der Waals surface area contributed by atoms with E-state index in [1.807, 2.05) is 32.9 Å². The van der Waals surface area contributed by atoms with Crippen LogP contribution in [-0.4, -0.2) is 38.7 Å². The van der Waals surface area contributed by atoms with Gasteiger partial charge in [-0.3, -0.25) is 4.90 Å². The maximum atomic E-state index is 11.3. The third kappa shape index (κ3) is 6.35. The molecule has 1 amide bonds. The molecular weight excluding hydrogens is 360 g/mol. The summed E-state index contributed by atoms with van der Waals surface area (Å²) in [6, 6.07) is 5.39. The van der Waals surface area contributed by atoms with Gasteiger partial charge >= 0.3 is 6.09 Å². The molecule has 7 heteroatoms. The lowest BCUT2D eigenvalue weighted by Crippen LogP contribution is -2.58. The minimum Gasteiger partial charge on any atom is -0.465 e. The van der Waals surface area contributed by atoms with Crippen LogP contribution in [0.4, 0.5) is 10.6 Å². The fourth-order valence-corrected chi connectivity index (χ4v) is 3.17. The number of carbonyl (C=O) groups is 1. The Balaban J connectivity index is 0.000000277. The highest BCUT2D eigenvalue weighted by molar-refractivity contribution is 9.10. The van der Waals surface area contributed by atoms with Crippen molar-refractivity contribution in [3.05, 3.63) is 22.8 Å². The van der Waals surface area contributed by atoms with E-state index >= 15 is 0 Å². The largest absolute Gasteiger partial charge is 0.465 e. The maximum absolute atomic E-state index is 11.3. The molecule has 1 aliphatic rings. The third-order valence-electron chi connectivity index (χ3n) is 3.78. The van der Waals surface area contributed by atoms with Gasteiger partial charge in [0, 0.05) is 11.6 Å². The summed E-state index contributed by atoms with van der Waals surface area (Å²) in [5.41, 5.74) is 11.0. The summed E-state index contributed by atoms with van der Waals surface area (Å²) in [6.07, 6.45) is 3.17. The molecule has 130 valence electrons. The number of hydrogen-bond acceptors (Lipinski definition) is 4. The quantitative estimate of drug-likeness (QED) is 0.640. The summed E-state index contributed by atoms with van der Waals surface area (Å²) in [4.78, 5) is 16.7. The van der Waals surface area contributed by atoms with Crippen LogP contribution >= 0.6 is 15.9 Å². The molecule has 1 aromatic rings. The van der Waals surface area contributed by atoms with Crippen LogP contribution in [0, 0.1) is 0 Å². The number of halogens is 1. The second-order valence-electron chi connectivity index (χ2n) is 6.72. The van der Waals surface area contributed by atoms with Gasteiger partial charge in [-0.2, -0.15) is 0 Å². The molecule has 1 aromatic heterocycles. The van der Waals surface area contributed by atoms with Crippen LogP contribution in [0.2, 0.25) is 0 Å². The van der Waals surface area contributed by atoms with Gasteiger partial charge in [-0.05, 0) is 61.7 Å². The highest BCUT2D eigenvalue weighted by atomic mass is 79.9. The van der Waals surface area contributed by atoms with Crippen LogP contribution in [0.15, 0.2) is 22.8 Å². The van der Waals surface area contributed by atoms with Crippen molar-refractivity contribution in [1.82, 2.24) is 9.88 Å². The van der Waals surface area contributed by atoms with E-state index in [0.29, 0.717) is 5.82 Å². The highest BCUT2D eigenvalue weighted by Gasteiger charge is 2.37. The van der Waals surface area contributed by atoms with E-state index in [2.05, 4.69) is 20.9 Å². The molecule has 1 saturated carbocycles. The summed E-state index contributed by atoms with van der Waals surface area (Å²) < 4.78 is 0.775. The van der Waals surface area contributed by atoms with Gasteiger partial charge in [-0.15, -0.1) is 0 Å². The number of nitrogens with zero attached hydrogens (tertiary/aromatic N) is 2. The van der Waals surface area contributed by atoms with E-state index in [1.165, 1.54) is 4.90 Å². The van der Waals surface area contributed by atoms with Crippen LogP contribution in [0.25, 0.3) is 0 Å². The second-order valence-corrected chi connectivity index (χ2v) is 7.54. The molecule has 0 aromatic carbocycles. The number of carboxylic acid groups (broad SMARTS) is 1. The first kappa shape index (κ1) is 19.7. The van der Waals surface area contributed by atoms with Crippen molar-refractivity contribution in [3.63, 3.8) is 0 Å². The third-order valence-corrected chi connectivity index (χ3v) is 4.22. The van der Waals surface area contributed by atoms with Gasteiger partial charge in [-0.25, -0.2) is 9.78 Å². The van der Waals surface area contributed by atoms with E-state index < -0.39 is 6.09 Å². The summed E-state index contributed by atoms with van der Waals surface area (Å²) in [5, 5.41) is 9.25. The summed E-state index contributed by atoms with van der Waals surface area (Å²) in [5.74, 6) is 0.541. The Hall–Kier alpha value is -1.34. The lowest BCUT2D eigenvalue weighted by molar-refractivity contribution is 0.0491. The first-order chi connectivity index (χ1) is 10.6. The predicted octanol–water partition coefficient (Wildman–Crippen LogP) is 3.46. The first-order valence-electron chi connectivity index (χ1n) is 7.79. The van der Waals surface area contributed by atoms with Crippen molar-refractivity contribution >= 4 is 27.8 Å². The van der Waals surface area contributed by atoms with Crippen LogP contribution in [-0.2, 0) is 0 Å². The topological polar surface area (TPSA) is 105 Å². The molecule has 0 bridgehead atoms. The predicted molar refractivity (Wildman–Crippen MR) is 96.2 cm³/mol. The molecule has 1 heterocycles. The molecule has 0 unspecified atom stereocenters. The summed E-state index contributed by atoms with van der Waals surface area (Å²) >= 11 is 3.17. The summed E-state index contributed by atoms with van der Waals surface area (Å²) in [7, 11) is 0. The molecular formula is C16H27BrN4O2. The molecule has 2 atom stereocenters. The Morgan fingerprint density at radius 2 is 1.96 bits per heavy atom. The molecule has 0 aliphatic heterocycles. The Kier molecular flexibility index (Phi) is 7.28. The van der Waals surface area contributed by atoms with Crippen molar-refractivity contribution < 1.29 is 9.90 Å². The maximum Gasteiger partial charge on any atom is 0.408 e. The van der Waals surface area contributed by atoms with Crippen molar-refractivity contribution in [1.29, 1.82) is 0 Å². The molecule has 23 heavy (non-hydrogen) atoms. The van der Waals surface area contributed by atoms with Crippen LogP contribution < -0.4 is 11.5 Å². The van der Waals surface area contributed by atoms with Gasteiger partial charge in [-0.1, -0.05) is 18.9 Å². The zero-order chi connectivity index (χ0) is 17.6. The van der Waals surface area contributed by atoms with E-state index in [4.69, 9.17) is 11.5 Å². The molecule has 1 aliphatic carbocycles. The molecule has 6 nitrogen and oxygen atoms in total. The van der Waals surface area contributed by atoms with Gasteiger partial charge < -0.3 is 16.6 Å². The molecule has 0 spiro atoms. The van der Waals surface area contributed by atoms with E-state index in [-0.39, 0.29) is 17.6 Å². The van der Waals surface area contributed by atoms with Crippen LogP contribution in [0.5, 0.6) is 0 Å². The zero-order valence-electron chi connectivity index (χ0n) is 14.0. The Labute approximate surface area is 146 Å². The van der Waals surface area contributed by atoms with Gasteiger partial charge in [0.25, 0.3) is 0 Å². The number of hydrogen-bond donors (Lipinski definition) is 3. The van der Waals surface area contributed by atoms with Crippen LogP contribution in [0.3, 0.4) is 0 Å².